The number of pyridine rings is 1. The number of carbonyl (C=O) groups is 1. The molecule has 0 atom stereocenters. The number of thiazole rings is 1. The molecule has 4 aromatic rings. The molecule has 0 radical (unpaired) electrons. The predicted octanol–water partition coefficient (Wildman–Crippen LogP) is 3.86. The van der Waals surface area contributed by atoms with Gasteiger partial charge in [-0.3, -0.25) is 14.8 Å². The first kappa shape index (κ1) is 21.1. The van der Waals surface area contributed by atoms with Crippen LogP contribution in [0.2, 0.25) is 0 Å². The van der Waals surface area contributed by atoms with Crippen molar-refractivity contribution in [2.24, 2.45) is 5.92 Å². The van der Waals surface area contributed by atoms with E-state index in [-0.39, 0.29) is 18.4 Å². The molecule has 0 unspecified atom stereocenters. The third-order valence-electron chi connectivity index (χ3n) is 5.64. The number of carboxylic acids is 1. The van der Waals surface area contributed by atoms with Crippen LogP contribution in [0.25, 0.3) is 33.3 Å². The summed E-state index contributed by atoms with van der Waals surface area (Å²) in [6, 6.07) is 4.13. The highest BCUT2D eigenvalue weighted by atomic mass is 32.1. The van der Waals surface area contributed by atoms with Gasteiger partial charge in [-0.2, -0.15) is 0 Å². The van der Waals surface area contributed by atoms with E-state index in [0.717, 1.165) is 47.4 Å². The molecular formula is C22H21N7O3S. The van der Waals surface area contributed by atoms with Gasteiger partial charge in [0.2, 0.25) is 0 Å². The van der Waals surface area contributed by atoms with E-state index in [1.165, 1.54) is 11.3 Å². The standard InChI is InChI=1S/C22H21N7O3S/c30-19(31)7-13-1-4-16(5-2-13)32-22-25-9-15(10-26-22)17-6-3-14(8-24-17)20-27-21(29-28-20)18-11-23-12-33-18/h3,6,8-13,16H,1-2,4-5,7H2,(H,30,31)(H,27,28,29)/t13-,16-. The average molecular weight is 464 g/mol. The van der Waals surface area contributed by atoms with E-state index in [2.05, 4.69) is 35.1 Å². The quantitative estimate of drug-likeness (QED) is 0.418. The second kappa shape index (κ2) is 9.41. The van der Waals surface area contributed by atoms with E-state index in [1.54, 1.807) is 30.3 Å². The number of aromatic nitrogens is 7. The molecule has 2 N–H and O–H groups in total. The van der Waals surface area contributed by atoms with E-state index in [4.69, 9.17) is 9.84 Å². The molecule has 1 aliphatic rings. The Morgan fingerprint density at radius 3 is 2.42 bits per heavy atom. The number of ether oxygens (including phenoxy) is 1. The third kappa shape index (κ3) is 5.03. The maximum Gasteiger partial charge on any atom is 0.316 e. The second-order valence-corrected chi connectivity index (χ2v) is 8.82. The summed E-state index contributed by atoms with van der Waals surface area (Å²) in [5.41, 5.74) is 4.09. The Hall–Kier alpha value is -3.73. The molecule has 33 heavy (non-hydrogen) atoms. The highest BCUT2D eigenvalue weighted by Crippen LogP contribution is 2.29. The van der Waals surface area contributed by atoms with Crippen LogP contribution >= 0.6 is 11.3 Å². The first-order chi connectivity index (χ1) is 16.1. The van der Waals surface area contributed by atoms with Gasteiger partial charge in [-0.15, -0.1) is 21.5 Å². The average Bonchev–Trinajstić information content (AvgIpc) is 3.53. The number of aromatic amines is 1. The smallest absolute Gasteiger partial charge is 0.316 e. The molecular weight excluding hydrogens is 442 g/mol. The number of hydrogen-bond donors (Lipinski definition) is 2. The molecule has 1 fully saturated rings. The Balaban J connectivity index is 1.20. The lowest BCUT2D eigenvalue weighted by Crippen LogP contribution is -2.25. The first-order valence-electron chi connectivity index (χ1n) is 10.6. The Labute approximate surface area is 193 Å². The molecule has 0 aliphatic heterocycles. The van der Waals surface area contributed by atoms with Crippen LogP contribution in [0.4, 0.5) is 0 Å². The SMILES string of the molecule is O=C(O)C[C@H]1CC[C@H](Oc2ncc(-c3ccc(-c4nnc(-c5cncs5)[nH]4)cn3)cn2)CC1. The number of nitrogens with one attached hydrogen (secondary N) is 1. The van der Waals surface area contributed by atoms with Gasteiger partial charge in [0, 0.05) is 42.3 Å². The van der Waals surface area contributed by atoms with Gasteiger partial charge in [-0.05, 0) is 43.7 Å². The number of rotatable bonds is 7. The van der Waals surface area contributed by atoms with Crippen LogP contribution in [0, 0.1) is 5.92 Å². The molecule has 4 heterocycles. The summed E-state index contributed by atoms with van der Waals surface area (Å²) in [5.74, 6) is 0.809. The van der Waals surface area contributed by atoms with Crippen LogP contribution in [0.15, 0.2) is 42.4 Å². The van der Waals surface area contributed by atoms with E-state index < -0.39 is 5.97 Å². The van der Waals surface area contributed by atoms with Gasteiger partial charge in [0.05, 0.1) is 16.1 Å². The van der Waals surface area contributed by atoms with Crippen molar-refractivity contribution in [3.63, 3.8) is 0 Å². The number of hydrogen-bond acceptors (Lipinski definition) is 9. The van der Waals surface area contributed by atoms with E-state index in [9.17, 15) is 4.79 Å². The van der Waals surface area contributed by atoms with Crippen LogP contribution in [0.3, 0.4) is 0 Å². The van der Waals surface area contributed by atoms with Crippen LogP contribution in [0.1, 0.15) is 32.1 Å². The fourth-order valence-corrected chi connectivity index (χ4v) is 4.46. The lowest BCUT2D eigenvalue weighted by atomic mass is 9.85. The summed E-state index contributed by atoms with van der Waals surface area (Å²) < 4.78 is 5.90. The van der Waals surface area contributed by atoms with Crippen LogP contribution in [-0.4, -0.2) is 52.3 Å². The molecule has 5 rings (SSSR count). The number of nitrogens with zero attached hydrogens (tertiary/aromatic N) is 6. The first-order valence-corrected chi connectivity index (χ1v) is 11.5. The number of H-pyrrole nitrogens is 1. The van der Waals surface area contributed by atoms with Crippen molar-refractivity contribution < 1.29 is 14.6 Å². The molecule has 1 saturated carbocycles. The van der Waals surface area contributed by atoms with E-state index in [0.29, 0.717) is 17.7 Å². The normalized spacial score (nSPS) is 18.2. The van der Waals surface area contributed by atoms with Gasteiger partial charge in [0.1, 0.15) is 6.10 Å². The molecule has 1 aliphatic carbocycles. The molecule has 168 valence electrons. The lowest BCUT2D eigenvalue weighted by molar-refractivity contribution is -0.138. The predicted molar refractivity (Wildman–Crippen MR) is 120 cm³/mol. The number of aliphatic carboxylic acids is 1. The molecule has 0 spiro atoms. The molecule has 0 bridgehead atoms. The Morgan fingerprint density at radius 1 is 1.00 bits per heavy atom. The molecule has 11 heteroatoms. The topological polar surface area (TPSA) is 140 Å². The number of carboxylic acid groups (broad SMARTS) is 1. The van der Waals surface area contributed by atoms with Crippen LogP contribution in [0.5, 0.6) is 6.01 Å². The molecule has 10 nitrogen and oxygen atoms in total. The highest BCUT2D eigenvalue weighted by molar-refractivity contribution is 7.13. The zero-order chi connectivity index (χ0) is 22.6. The molecule has 0 aromatic carbocycles. The van der Waals surface area contributed by atoms with Gasteiger partial charge >= 0.3 is 12.0 Å². The maximum absolute atomic E-state index is 10.9. The van der Waals surface area contributed by atoms with Gasteiger partial charge in [0.25, 0.3) is 0 Å². The highest BCUT2D eigenvalue weighted by Gasteiger charge is 2.24. The minimum absolute atomic E-state index is 0.0232. The van der Waals surface area contributed by atoms with Crippen LogP contribution < -0.4 is 4.74 Å². The fraction of sp³-hybridized carbons (Fsp3) is 0.318. The molecule has 0 saturated heterocycles. The monoisotopic (exact) mass is 463 g/mol. The minimum atomic E-state index is -0.735. The summed E-state index contributed by atoms with van der Waals surface area (Å²) >= 11 is 1.49. The maximum atomic E-state index is 10.9. The van der Waals surface area contributed by atoms with E-state index >= 15 is 0 Å². The zero-order valence-corrected chi connectivity index (χ0v) is 18.4. The molecule has 4 aromatic heterocycles. The zero-order valence-electron chi connectivity index (χ0n) is 17.6. The van der Waals surface area contributed by atoms with Gasteiger partial charge in [-0.1, -0.05) is 0 Å². The van der Waals surface area contributed by atoms with Crippen molar-refractivity contribution in [2.75, 3.05) is 0 Å². The van der Waals surface area contributed by atoms with Crippen molar-refractivity contribution in [3.8, 4) is 39.4 Å². The largest absolute Gasteiger partial charge is 0.481 e. The van der Waals surface area contributed by atoms with Crippen molar-refractivity contribution >= 4 is 17.3 Å². The summed E-state index contributed by atoms with van der Waals surface area (Å²) in [5, 5.41) is 17.3. The Kier molecular flexibility index (Phi) is 6.03. The Bertz CT molecular complexity index is 1200. The minimum Gasteiger partial charge on any atom is -0.481 e. The van der Waals surface area contributed by atoms with Gasteiger partial charge in [-0.25, -0.2) is 9.97 Å². The molecule has 0 amide bonds. The van der Waals surface area contributed by atoms with Crippen molar-refractivity contribution in [3.05, 3.63) is 42.4 Å². The van der Waals surface area contributed by atoms with Crippen molar-refractivity contribution in [1.29, 1.82) is 0 Å². The summed E-state index contributed by atoms with van der Waals surface area (Å²) in [7, 11) is 0. The summed E-state index contributed by atoms with van der Waals surface area (Å²) in [6.45, 7) is 0. The van der Waals surface area contributed by atoms with Crippen molar-refractivity contribution in [1.82, 2.24) is 35.1 Å². The third-order valence-corrected chi connectivity index (χ3v) is 6.42. The Morgan fingerprint density at radius 2 is 1.76 bits per heavy atom. The van der Waals surface area contributed by atoms with Crippen LogP contribution in [-0.2, 0) is 4.79 Å². The van der Waals surface area contributed by atoms with Gasteiger partial charge < -0.3 is 14.8 Å². The van der Waals surface area contributed by atoms with E-state index in [1.807, 2.05) is 12.1 Å². The van der Waals surface area contributed by atoms with Gasteiger partial charge in [0.15, 0.2) is 11.6 Å². The summed E-state index contributed by atoms with van der Waals surface area (Å²) in [6.07, 6.45) is 10.4. The second-order valence-electron chi connectivity index (χ2n) is 7.93. The lowest BCUT2D eigenvalue weighted by Gasteiger charge is -2.27. The van der Waals surface area contributed by atoms with Crippen molar-refractivity contribution in [2.45, 2.75) is 38.2 Å². The summed E-state index contributed by atoms with van der Waals surface area (Å²) in [4.78, 5) is 32.2. The fourth-order valence-electron chi connectivity index (χ4n) is 3.90.